The molecule has 4 heteroatoms. The van der Waals surface area contributed by atoms with E-state index in [2.05, 4.69) is 11.8 Å². The molecule has 1 aromatic carbocycles. The number of likely N-dealkylation sites (tertiary alicyclic amines) is 1. The van der Waals surface area contributed by atoms with E-state index in [9.17, 15) is 5.11 Å². The molecule has 0 amide bonds. The fourth-order valence-corrected chi connectivity index (χ4v) is 3.30. The molecule has 1 aliphatic rings. The summed E-state index contributed by atoms with van der Waals surface area (Å²) in [6.45, 7) is 5.40. The van der Waals surface area contributed by atoms with Crippen LogP contribution in [0, 0.1) is 0 Å². The van der Waals surface area contributed by atoms with Gasteiger partial charge in [-0.1, -0.05) is 36.2 Å². The van der Waals surface area contributed by atoms with Crippen molar-refractivity contribution in [2.45, 2.75) is 44.6 Å². The second kappa shape index (κ2) is 7.13. The number of nitrogens with zero attached hydrogens (tertiary/aromatic N) is 1. The molecule has 0 aliphatic carbocycles. The summed E-state index contributed by atoms with van der Waals surface area (Å²) in [5.41, 5.74) is 0.450. The van der Waals surface area contributed by atoms with Gasteiger partial charge in [0.05, 0.1) is 15.6 Å². The van der Waals surface area contributed by atoms with Crippen LogP contribution < -0.4 is 0 Å². The molecular formula is C16H23Cl2NO. The lowest BCUT2D eigenvalue weighted by molar-refractivity contribution is 0.0257. The predicted molar refractivity (Wildman–Crippen MR) is 85.7 cm³/mol. The Morgan fingerprint density at radius 1 is 1.20 bits per heavy atom. The van der Waals surface area contributed by atoms with Crippen LogP contribution in [0.5, 0.6) is 0 Å². The van der Waals surface area contributed by atoms with Gasteiger partial charge >= 0.3 is 0 Å². The number of aliphatic hydroxyl groups is 1. The van der Waals surface area contributed by atoms with Crippen LogP contribution in [-0.4, -0.2) is 35.2 Å². The molecule has 20 heavy (non-hydrogen) atoms. The maximum absolute atomic E-state index is 10.8. The summed E-state index contributed by atoms with van der Waals surface area (Å²) in [7, 11) is 0. The lowest BCUT2D eigenvalue weighted by atomic mass is 9.88. The minimum atomic E-state index is -0.611. The number of benzene rings is 1. The third-order valence-corrected chi connectivity index (χ3v) is 4.81. The van der Waals surface area contributed by atoms with Gasteiger partial charge in [-0.05, 0) is 56.5 Å². The largest absolute Gasteiger partial charge is 0.389 e. The molecule has 112 valence electrons. The molecule has 1 heterocycles. The molecule has 1 aliphatic heterocycles. The summed E-state index contributed by atoms with van der Waals surface area (Å²) in [5.74, 6) is 0. The molecule has 2 nitrogen and oxygen atoms in total. The summed E-state index contributed by atoms with van der Waals surface area (Å²) in [4.78, 5) is 2.45. The van der Waals surface area contributed by atoms with Crippen LogP contribution in [-0.2, 0) is 6.42 Å². The first kappa shape index (κ1) is 16.1. The van der Waals surface area contributed by atoms with Crippen molar-refractivity contribution < 1.29 is 5.11 Å². The van der Waals surface area contributed by atoms with Crippen molar-refractivity contribution in [3.63, 3.8) is 0 Å². The summed E-state index contributed by atoms with van der Waals surface area (Å²) < 4.78 is 0. The van der Waals surface area contributed by atoms with Crippen molar-refractivity contribution in [3.05, 3.63) is 33.8 Å². The normalized spacial score (nSPS) is 24.6. The Morgan fingerprint density at radius 2 is 2.00 bits per heavy atom. The average Bonchev–Trinajstić information content (AvgIpc) is 2.57. The van der Waals surface area contributed by atoms with E-state index in [0.29, 0.717) is 16.5 Å². The van der Waals surface area contributed by atoms with Crippen LogP contribution in [0.3, 0.4) is 0 Å². The van der Waals surface area contributed by atoms with Gasteiger partial charge in [0, 0.05) is 13.0 Å². The van der Waals surface area contributed by atoms with Crippen LogP contribution in [0.15, 0.2) is 18.2 Å². The molecule has 0 saturated carbocycles. The Balaban J connectivity index is 2.01. The third kappa shape index (κ3) is 4.36. The van der Waals surface area contributed by atoms with Crippen molar-refractivity contribution in [3.8, 4) is 0 Å². The number of hydrogen-bond donors (Lipinski definition) is 1. The third-order valence-electron chi connectivity index (χ3n) is 4.07. The van der Waals surface area contributed by atoms with Gasteiger partial charge < -0.3 is 10.0 Å². The monoisotopic (exact) mass is 315 g/mol. The smallest absolute Gasteiger partial charge is 0.0700 e. The second-order valence-corrected chi connectivity index (χ2v) is 6.66. The first-order valence-corrected chi connectivity index (χ1v) is 8.17. The minimum Gasteiger partial charge on any atom is -0.389 e. The van der Waals surface area contributed by atoms with Gasteiger partial charge in [0.2, 0.25) is 0 Å². The molecular weight excluding hydrogens is 293 g/mol. The Labute approximate surface area is 131 Å². The lowest BCUT2D eigenvalue weighted by Crippen LogP contribution is -2.33. The molecule has 2 rings (SSSR count). The van der Waals surface area contributed by atoms with Gasteiger partial charge in [-0.15, -0.1) is 0 Å². The van der Waals surface area contributed by atoms with Gasteiger partial charge in [0.15, 0.2) is 0 Å². The highest BCUT2D eigenvalue weighted by Gasteiger charge is 2.30. The van der Waals surface area contributed by atoms with Crippen LogP contribution in [0.1, 0.15) is 38.2 Å². The van der Waals surface area contributed by atoms with E-state index < -0.39 is 5.60 Å². The van der Waals surface area contributed by atoms with E-state index in [-0.39, 0.29) is 0 Å². The maximum atomic E-state index is 10.8. The summed E-state index contributed by atoms with van der Waals surface area (Å²) in [6, 6.07) is 5.64. The molecule has 0 spiro atoms. The van der Waals surface area contributed by atoms with Gasteiger partial charge in [-0.3, -0.25) is 0 Å². The van der Waals surface area contributed by atoms with Gasteiger partial charge in [0.1, 0.15) is 0 Å². The van der Waals surface area contributed by atoms with Crippen LogP contribution in [0.2, 0.25) is 10.0 Å². The fourth-order valence-electron chi connectivity index (χ4n) is 2.98. The molecule has 1 aromatic rings. The van der Waals surface area contributed by atoms with Crippen LogP contribution in [0.25, 0.3) is 0 Å². The minimum absolute atomic E-state index is 0.564. The van der Waals surface area contributed by atoms with Gasteiger partial charge in [-0.25, -0.2) is 0 Å². The second-order valence-electron chi connectivity index (χ2n) is 5.84. The average molecular weight is 316 g/mol. The molecule has 0 bridgehead atoms. The van der Waals surface area contributed by atoms with E-state index in [1.165, 1.54) is 6.42 Å². The fraction of sp³-hybridized carbons (Fsp3) is 0.625. The Bertz CT molecular complexity index is 452. The SMILES string of the molecule is CCCN1CCCC(O)(Cc2ccc(Cl)c(Cl)c2)CC1. The van der Waals surface area contributed by atoms with E-state index in [0.717, 1.165) is 44.5 Å². The summed E-state index contributed by atoms with van der Waals surface area (Å²) in [6.07, 6.45) is 4.56. The summed E-state index contributed by atoms with van der Waals surface area (Å²) in [5, 5.41) is 12.0. The lowest BCUT2D eigenvalue weighted by Gasteiger charge is -2.27. The highest BCUT2D eigenvalue weighted by molar-refractivity contribution is 6.42. The Kier molecular flexibility index (Phi) is 5.74. The zero-order valence-corrected chi connectivity index (χ0v) is 13.6. The topological polar surface area (TPSA) is 23.5 Å². The first-order valence-electron chi connectivity index (χ1n) is 7.41. The van der Waals surface area contributed by atoms with Crippen molar-refractivity contribution in [2.75, 3.05) is 19.6 Å². The van der Waals surface area contributed by atoms with E-state index >= 15 is 0 Å². The predicted octanol–water partition coefficient (Wildman–Crippen LogP) is 4.16. The standard InChI is InChI=1S/C16H23Cl2NO/c1-2-8-19-9-3-6-16(20,7-10-19)12-13-4-5-14(17)15(18)11-13/h4-5,11,20H,2-3,6-10,12H2,1H3. The van der Waals surface area contributed by atoms with Crippen molar-refractivity contribution >= 4 is 23.2 Å². The molecule has 1 saturated heterocycles. The van der Waals surface area contributed by atoms with E-state index in [1.54, 1.807) is 0 Å². The van der Waals surface area contributed by atoms with Crippen LogP contribution >= 0.6 is 23.2 Å². The number of halogens is 2. The van der Waals surface area contributed by atoms with E-state index in [1.807, 2.05) is 18.2 Å². The molecule has 0 radical (unpaired) electrons. The first-order chi connectivity index (χ1) is 9.52. The number of rotatable bonds is 4. The van der Waals surface area contributed by atoms with E-state index in [4.69, 9.17) is 23.2 Å². The Hall–Kier alpha value is -0.280. The quantitative estimate of drug-likeness (QED) is 0.901. The maximum Gasteiger partial charge on any atom is 0.0700 e. The van der Waals surface area contributed by atoms with Gasteiger partial charge in [-0.2, -0.15) is 0 Å². The van der Waals surface area contributed by atoms with Crippen molar-refractivity contribution in [1.82, 2.24) is 4.90 Å². The molecule has 0 aromatic heterocycles. The van der Waals surface area contributed by atoms with Gasteiger partial charge in [0.25, 0.3) is 0 Å². The number of hydrogen-bond acceptors (Lipinski definition) is 2. The highest BCUT2D eigenvalue weighted by atomic mass is 35.5. The zero-order valence-electron chi connectivity index (χ0n) is 12.0. The molecule has 1 unspecified atom stereocenters. The van der Waals surface area contributed by atoms with Crippen molar-refractivity contribution in [2.24, 2.45) is 0 Å². The van der Waals surface area contributed by atoms with Crippen LogP contribution in [0.4, 0.5) is 0 Å². The molecule has 1 atom stereocenters. The molecule has 1 N–H and O–H groups in total. The summed E-state index contributed by atoms with van der Waals surface area (Å²) >= 11 is 12.0. The Morgan fingerprint density at radius 3 is 2.70 bits per heavy atom. The highest BCUT2D eigenvalue weighted by Crippen LogP contribution is 2.29. The zero-order chi connectivity index (χ0) is 14.6. The van der Waals surface area contributed by atoms with Crippen molar-refractivity contribution in [1.29, 1.82) is 0 Å². The molecule has 1 fully saturated rings.